The molecule has 0 saturated heterocycles. The predicted molar refractivity (Wildman–Crippen MR) is 74.8 cm³/mol. The Balaban J connectivity index is 1.73. The highest BCUT2D eigenvalue weighted by atomic mass is 79.9. The fourth-order valence-corrected chi connectivity index (χ4v) is 2.29. The quantitative estimate of drug-likeness (QED) is 0.816. The van der Waals surface area contributed by atoms with E-state index in [2.05, 4.69) is 75.8 Å². The third-order valence-corrected chi connectivity index (χ3v) is 3.24. The van der Waals surface area contributed by atoms with E-state index >= 15 is 0 Å². The summed E-state index contributed by atoms with van der Waals surface area (Å²) in [4.78, 5) is 0. The maximum absolute atomic E-state index is 3.49. The topological polar surface area (TPSA) is 16.6 Å². The molecule has 17 heavy (non-hydrogen) atoms. The van der Waals surface area contributed by atoms with Crippen molar-refractivity contribution in [3.63, 3.8) is 0 Å². The van der Waals surface area contributed by atoms with Crippen LogP contribution in [0.15, 0.2) is 59.1 Å². The monoisotopic (exact) mass is 290 g/mol. The Morgan fingerprint density at radius 3 is 2.41 bits per heavy atom. The molecule has 0 unspecified atom stereocenters. The van der Waals surface area contributed by atoms with Gasteiger partial charge >= 0.3 is 0 Å². The number of rotatable bonds is 5. The van der Waals surface area contributed by atoms with Crippen LogP contribution in [0.3, 0.4) is 0 Å². The molecule has 0 spiro atoms. The van der Waals surface area contributed by atoms with E-state index in [-0.39, 0.29) is 0 Å². The summed E-state index contributed by atoms with van der Waals surface area (Å²) in [6.45, 7) is 2.18. The van der Waals surface area contributed by atoms with Crippen LogP contribution in [0.2, 0.25) is 0 Å². The molecule has 0 aromatic heterocycles. The first-order valence-electron chi connectivity index (χ1n) is 5.94. The van der Waals surface area contributed by atoms with E-state index in [1.165, 1.54) is 11.1 Å². The van der Waals surface area contributed by atoms with Crippen LogP contribution >= 0.6 is 15.9 Å². The smallest absolute Gasteiger partial charge is 0.101 e. The van der Waals surface area contributed by atoms with Crippen LogP contribution in [0.25, 0.3) is 0 Å². The van der Waals surface area contributed by atoms with Crippen molar-refractivity contribution < 1.29 is 5.32 Å². The van der Waals surface area contributed by atoms with Gasteiger partial charge in [-0.05, 0) is 17.7 Å². The standard InChI is InChI=1S/C15H16BrN/c16-15-8-4-7-14(11-15)12-17-10-9-13-5-2-1-3-6-13/h1-8,11,17H,9-10,12H2/p+1. The minimum atomic E-state index is 1.05. The largest absolute Gasteiger partial charge is 0.342 e. The summed E-state index contributed by atoms with van der Waals surface area (Å²) in [6, 6.07) is 19.1. The maximum Gasteiger partial charge on any atom is 0.101 e. The predicted octanol–water partition coefficient (Wildman–Crippen LogP) is 2.76. The molecule has 0 heterocycles. The maximum atomic E-state index is 3.49. The van der Waals surface area contributed by atoms with Crippen LogP contribution in [0, 0.1) is 0 Å². The summed E-state index contributed by atoms with van der Waals surface area (Å²) in [6.07, 6.45) is 1.13. The summed E-state index contributed by atoms with van der Waals surface area (Å²) in [7, 11) is 0. The Labute approximate surface area is 111 Å². The molecule has 1 nitrogen and oxygen atoms in total. The van der Waals surface area contributed by atoms with Gasteiger partial charge in [-0.3, -0.25) is 0 Å². The van der Waals surface area contributed by atoms with E-state index in [0.717, 1.165) is 24.0 Å². The van der Waals surface area contributed by atoms with Gasteiger partial charge < -0.3 is 5.32 Å². The number of quaternary nitrogens is 1. The van der Waals surface area contributed by atoms with Crippen molar-refractivity contribution in [3.8, 4) is 0 Å². The van der Waals surface area contributed by atoms with Gasteiger partial charge in [0.1, 0.15) is 6.54 Å². The van der Waals surface area contributed by atoms with Gasteiger partial charge in [0.15, 0.2) is 0 Å². The summed E-state index contributed by atoms with van der Waals surface area (Å²) >= 11 is 3.49. The second-order valence-electron chi connectivity index (χ2n) is 4.15. The van der Waals surface area contributed by atoms with Crippen LogP contribution < -0.4 is 5.32 Å². The molecule has 2 rings (SSSR count). The third-order valence-electron chi connectivity index (χ3n) is 2.75. The van der Waals surface area contributed by atoms with Gasteiger partial charge in [-0.15, -0.1) is 0 Å². The Hall–Kier alpha value is -1.12. The zero-order chi connectivity index (χ0) is 11.9. The lowest BCUT2D eigenvalue weighted by Gasteiger charge is -2.03. The van der Waals surface area contributed by atoms with Gasteiger partial charge in [0.25, 0.3) is 0 Å². The van der Waals surface area contributed by atoms with Crippen LogP contribution in [0.4, 0.5) is 0 Å². The van der Waals surface area contributed by atoms with Gasteiger partial charge in [0, 0.05) is 16.5 Å². The first kappa shape index (κ1) is 12.3. The van der Waals surface area contributed by atoms with Crippen molar-refractivity contribution in [1.82, 2.24) is 0 Å². The summed E-state index contributed by atoms with van der Waals surface area (Å²) in [5.74, 6) is 0. The SMILES string of the molecule is Brc1cccc(C[NH2+]CCc2ccccc2)c1. The summed E-state index contributed by atoms with van der Waals surface area (Å²) < 4.78 is 1.16. The number of benzene rings is 2. The second-order valence-corrected chi connectivity index (χ2v) is 5.06. The summed E-state index contributed by atoms with van der Waals surface area (Å²) in [5, 5.41) is 2.36. The zero-order valence-corrected chi connectivity index (χ0v) is 11.4. The van der Waals surface area contributed by atoms with E-state index in [4.69, 9.17) is 0 Å². The van der Waals surface area contributed by atoms with Crippen molar-refractivity contribution in [2.24, 2.45) is 0 Å². The molecule has 2 N–H and O–H groups in total. The molecular weight excluding hydrogens is 274 g/mol. The molecule has 2 heteroatoms. The molecule has 0 radical (unpaired) electrons. The normalized spacial score (nSPS) is 10.4. The van der Waals surface area contributed by atoms with Crippen molar-refractivity contribution in [2.45, 2.75) is 13.0 Å². The molecule has 0 saturated carbocycles. The van der Waals surface area contributed by atoms with E-state index in [1.54, 1.807) is 0 Å². The Bertz CT molecular complexity index is 453. The molecular formula is C15H17BrN+. The summed E-state index contributed by atoms with van der Waals surface area (Å²) in [5.41, 5.74) is 2.78. The molecule has 0 bridgehead atoms. The fraction of sp³-hybridized carbons (Fsp3) is 0.200. The lowest BCUT2D eigenvalue weighted by atomic mass is 10.1. The highest BCUT2D eigenvalue weighted by molar-refractivity contribution is 9.10. The average molecular weight is 291 g/mol. The van der Waals surface area contributed by atoms with Crippen molar-refractivity contribution in [1.29, 1.82) is 0 Å². The minimum absolute atomic E-state index is 1.05. The number of halogens is 1. The van der Waals surface area contributed by atoms with Crippen molar-refractivity contribution in [2.75, 3.05) is 6.54 Å². The van der Waals surface area contributed by atoms with Crippen LogP contribution in [0.1, 0.15) is 11.1 Å². The highest BCUT2D eigenvalue weighted by Crippen LogP contribution is 2.10. The number of hydrogen-bond donors (Lipinski definition) is 1. The average Bonchev–Trinajstić information content (AvgIpc) is 2.36. The van der Waals surface area contributed by atoms with E-state index in [0.29, 0.717) is 0 Å². The highest BCUT2D eigenvalue weighted by Gasteiger charge is 1.97. The first-order chi connectivity index (χ1) is 8.34. The van der Waals surface area contributed by atoms with Gasteiger partial charge in [0.2, 0.25) is 0 Å². The molecule has 2 aromatic carbocycles. The Morgan fingerprint density at radius 1 is 0.882 bits per heavy atom. The van der Waals surface area contributed by atoms with Gasteiger partial charge in [0.05, 0.1) is 6.54 Å². The molecule has 0 fully saturated rings. The lowest BCUT2D eigenvalue weighted by Crippen LogP contribution is -2.83. The van der Waals surface area contributed by atoms with Crippen LogP contribution in [-0.2, 0) is 13.0 Å². The molecule has 0 amide bonds. The molecule has 0 aliphatic carbocycles. The van der Waals surface area contributed by atoms with Crippen molar-refractivity contribution >= 4 is 15.9 Å². The van der Waals surface area contributed by atoms with Crippen LogP contribution in [-0.4, -0.2) is 6.54 Å². The van der Waals surface area contributed by atoms with Crippen LogP contribution in [0.5, 0.6) is 0 Å². The molecule has 0 aliphatic heterocycles. The fourth-order valence-electron chi connectivity index (χ4n) is 1.85. The number of nitrogens with two attached hydrogens (primary N) is 1. The van der Waals surface area contributed by atoms with E-state index < -0.39 is 0 Å². The van der Waals surface area contributed by atoms with E-state index in [9.17, 15) is 0 Å². The van der Waals surface area contributed by atoms with Gasteiger partial charge in [-0.1, -0.05) is 58.4 Å². The third kappa shape index (κ3) is 4.33. The molecule has 88 valence electrons. The van der Waals surface area contributed by atoms with Crippen molar-refractivity contribution in [3.05, 3.63) is 70.2 Å². The Kier molecular flexibility index (Phi) is 4.77. The number of hydrogen-bond acceptors (Lipinski definition) is 0. The molecule has 2 aromatic rings. The molecule has 0 atom stereocenters. The minimum Gasteiger partial charge on any atom is -0.342 e. The second kappa shape index (κ2) is 6.58. The molecule has 0 aliphatic rings. The zero-order valence-electron chi connectivity index (χ0n) is 9.77. The first-order valence-corrected chi connectivity index (χ1v) is 6.74. The van der Waals surface area contributed by atoms with Gasteiger partial charge in [-0.25, -0.2) is 0 Å². The van der Waals surface area contributed by atoms with E-state index in [1.807, 2.05) is 0 Å². The van der Waals surface area contributed by atoms with Gasteiger partial charge in [-0.2, -0.15) is 0 Å². The Morgan fingerprint density at radius 2 is 1.65 bits per heavy atom. The lowest BCUT2D eigenvalue weighted by molar-refractivity contribution is -0.670.